The predicted molar refractivity (Wildman–Crippen MR) is 117 cm³/mol. The van der Waals surface area contributed by atoms with Crippen molar-refractivity contribution in [3.05, 3.63) is 59.2 Å². The Labute approximate surface area is 182 Å². The summed E-state index contributed by atoms with van der Waals surface area (Å²) < 4.78 is 33.7. The molecule has 1 heterocycles. The Morgan fingerprint density at radius 2 is 1.77 bits per heavy atom. The first-order chi connectivity index (χ1) is 14.7. The number of rotatable bonds is 6. The first-order valence-corrected chi connectivity index (χ1v) is 11.5. The van der Waals surface area contributed by atoms with Gasteiger partial charge in [-0.3, -0.25) is 9.59 Å². The molecular formula is C22H27N3O5S. The van der Waals surface area contributed by atoms with Crippen molar-refractivity contribution in [2.75, 3.05) is 31.6 Å². The fourth-order valence-electron chi connectivity index (χ4n) is 3.55. The molecule has 1 unspecified atom stereocenters. The van der Waals surface area contributed by atoms with E-state index < -0.39 is 10.0 Å². The zero-order valence-electron chi connectivity index (χ0n) is 17.8. The van der Waals surface area contributed by atoms with Gasteiger partial charge in [-0.15, -0.1) is 0 Å². The molecule has 1 atom stereocenters. The number of carbonyl (C=O) groups is 2. The minimum Gasteiger partial charge on any atom is -0.370 e. The van der Waals surface area contributed by atoms with Crippen LogP contribution in [-0.2, 0) is 24.3 Å². The van der Waals surface area contributed by atoms with E-state index in [1.165, 1.54) is 19.1 Å². The van der Waals surface area contributed by atoms with Gasteiger partial charge in [0.15, 0.2) is 0 Å². The third kappa shape index (κ3) is 5.69. The van der Waals surface area contributed by atoms with Crippen molar-refractivity contribution in [2.45, 2.75) is 31.8 Å². The van der Waals surface area contributed by atoms with Crippen LogP contribution in [0.15, 0.2) is 47.4 Å². The van der Waals surface area contributed by atoms with Crippen molar-refractivity contribution >= 4 is 27.5 Å². The summed E-state index contributed by atoms with van der Waals surface area (Å²) in [6, 6.07) is 12.6. The highest BCUT2D eigenvalue weighted by Gasteiger charge is 2.26. The van der Waals surface area contributed by atoms with Gasteiger partial charge in [0, 0.05) is 19.2 Å². The van der Waals surface area contributed by atoms with Crippen molar-refractivity contribution in [1.82, 2.24) is 9.62 Å². The Morgan fingerprint density at radius 1 is 1.13 bits per heavy atom. The largest absolute Gasteiger partial charge is 0.370 e. The average Bonchev–Trinajstić information content (AvgIpc) is 2.75. The lowest BCUT2D eigenvalue weighted by atomic mass is 10.1. The fraction of sp³-hybridized carbons (Fsp3) is 0.364. The summed E-state index contributed by atoms with van der Waals surface area (Å²) >= 11 is 0. The van der Waals surface area contributed by atoms with Crippen molar-refractivity contribution in [3.8, 4) is 0 Å². The van der Waals surface area contributed by atoms with Gasteiger partial charge in [0.1, 0.15) is 6.10 Å². The van der Waals surface area contributed by atoms with Gasteiger partial charge in [0.25, 0.3) is 0 Å². The zero-order valence-corrected chi connectivity index (χ0v) is 18.7. The van der Waals surface area contributed by atoms with Crippen LogP contribution in [0, 0.1) is 13.8 Å². The molecule has 2 aromatic carbocycles. The molecule has 9 heteroatoms. The van der Waals surface area contributed by atoms with E-state index in [0.29, 0.717) is 36.5 Å². The van der Waals surface area contributed by atoms with Gasteiger partial charge < -0.3 is 15.0 Å². The monoisotopic (exact) mass is 445 g/mol. The molecule has 1 aliphatic rings. The number of sulfonamides is 1. The SMILES string of the molecule is CC(=O)Nc1c(C)cc(S(=O)(=O)NCC(=O)N2CCOC(c3ccccc3)C2)cc1C. The number of hydrogen-bond acceptors (Lipinski definition) is 5. The lowest BCUT2D eigenvalue weighted by Crippen LogP contribution is -2.46. The maximum Gasteiger partial charge on any atom is 0.241 e. The van der Waals surface area contributed by atoms with E-state index in [2.05, 4.69) is 10.0 Å². The van der Waals surface area contributed by atoms with Crippen molar-refractivity contribution < 1.29 is 22.7 Å². The maximum absolute atomic E-state index is 12.7. The van der Waals surface area contributed by atoms with Gasteiger partial charge in [-0.1, -0.05) is 30.3 Å². The van der Waals surface area contributed by atoms with Gasteiger partial charge >= 0.3 is 0 Å². The summed E-state index contributed by atoms with van der Waals surface area (Å²) in [5, 5.41) is 2.70. The maximum atomic E-state index is 12.7. The van der Waals surface area contributed by atoms with Crippen LogP contribution in [0.25, 0.3) is 0 Å². The zero-order chi connectivity index (χ0) is 22.6. The molecule has 1 fully saturated rings. The summed E-state index contributed by atoms with van der Waals surface area (Å²) in [6.45, 7) is 5.67. The number of ether oxygens (including phenoxy) is 1. The lowest BCUT2D eigenvalue weighted by Gasteiger charge is -2.33. The Balaban J connectivity index is 1.66. The molecule has 166 valence electrons. The summed E-state index contributed by atoms with van der Waals surface area (Å²) in [5.41, 5.74) is 2.81. The number of anilines is 1. The van der Waals surface area contributed by atoms with Crippen molar-refractivity contribution in [3.63, 3.8) is 0 Å². The molecule has 0 aromatic heterocycles. The molecule has 0 radical (unpaired) electrons. The highest BCUT2D eigenvalue weighted by molar-refractivity contribution is 7.89. The molecule has 2 amide bonds. The summed E-state index contributed by atoms with van der Waals surface area (Å²) in [5.74, 6) is -0.541. The van der Waals surface area contributed by atoms with Crippen molar-refractivity contribution in [2.24, 2.45) is 0 Å². The van der Waals surface area contributed by atoms with Crippen LogP contribution in [0.3, 0.4) is 0 Å². The predicted octanol–water partition coefficient (Wildman–Crippen LogP) is 2.14. The van der Waals surface area contributed by atoms with E-state index in [1.807, 2.05) is 30.3 Å². The number of amides is 2. The van der Waals surface area contributed by atoms with E-state index in [-0.39, 0.29) is 29.4 Å². The van der Waals surface area contributed by atoms with Crippen LogP contribution in [0.1, 0.15) is 29.7 Å². The third-order valence-corrected chi connectivity index (χ3v) is 6.50. The van der Waals surface area contributed by atoms with Gasteiger partial charge in [-0.05, 0) is 42.7 Å². The Hall–Kier alpha value is -2.75. The highest BCUT2D eigenvalue weighted by Crippen LogP contribution is 2.25. The Kier molecular flexibility index (Phi) is 7.09. The van der Waals surface area contributed by atoms with E-state index in [9.17, 15) is 18.0 Å². The van der Waals surface area contributed by atoms with Crippen molar-refractivity contribution in [1.29, 1.82) is 0 Å². The lowest BCUT2D eigenvalue weighted by molar-refractivity contribution is -0.137. The topological polar surface area (TPSA) is 105 Å². The molecule has 8 nitrogen and oxygen atoms in total. The Morgan fingerprint density at radius 3 is 2.39 bits per heavy atom. The van der Waals surface area contributed by atoms with E-state index in [1.54, 1.807) is 18.7 Å². The first-order valence-electron chi connectivity index (χ1n) is 10.00. The van der Waals surface area contributed by atoms with E-state index in [4.69, 9.17) is 4.74 Å². The molecule has 0 bridgehead atoms. The van der Waals surface area contributed by atoms with Crippen LogP contribution in [-0.4, -0.2) is 51.4 Å². The molecule has 3 rings (SSSR count). The molecule has 1 aliphatic heterocycles. The molecular weight excluding hydrogens is 418 g/mol. The third-order valence-electron chi connectivity index (χ3n) is 5.12. The second-order valence-electron chi connectivity index (χ2n) is 7.55. The fourth-order valence-corrected chi connectivity index (χ4v) is 4.69. The normalized spacial score (nSPS) is 16.7. The second kappa shape index (κ2) is 9.59. The van der Waals surface area contributed by atoms with Gasteiger partial charge in [-0.2, -0.15) is 0 Å². The number of aryl methyl sites for hydroxylation is 2. The standard InChI is InChI=1S/C22H27N3O5S/c1-15-11-19(12-16(2)22(15)24-17(3)26)31(28,29)23-13-21(27)25-9-10-30-20(14-25)18-7-5-4-6-8-18/h4-8,11-12,20,23H,9-10,13-14H2,1-3H3,(H,24,26). The Bertz CT molecular complexity index is 1050. The number of morpholine rings is 1. The molecule has 2 N–H and O–H groups in total. The van der Waals surface area contributed by atoms with Gasteiger partial charge in [0.05, 0.1) is 24.6 Å². The minimum atomic E-state index is -3.89. The highest BCUT2D eigenvalue weighted by atomic mass is 32.2. The summed E-state index contributed by atoms with van der Waals surface area (Å²) in [7, 11) is -3.89. The van der Waals surface area contributed by atoms with E-state index >= 15 is 0 Å². The smallest absolute Gasteiger partial charge is 0.241 e. The number of benzene rings is 2. The van der Waals surface area contributed by atoms with Crippen LogP contribution in [0.2, 0.25) is 0 Å². The summed E-state index contributed by atoms with van der Waals surface area (Å²) in [4.78, 5) is 25.7. The molecule has 0 spiro atoms. The first kappa shape index (κ1) is 22.9. The molecule has 1 saturated heterocycles. The molecule has 0 saturated carbocycles. The molecule has 0 aliphatic carbocycles. The molecule has 31 heavy (non-hydrogen) atoms. The number of hydrogen-bond donors (Lipinski definition) is 2. The summed E-state index contributed by atoms with van der Waals surface area (Å²) in [6.07, 6.45) is -0.234. The second-order valence-corrected chi connectivity index (χ2v) is 9.31. The molecule has 2 aromatic rings. The van der Waals surface area contributed by atoms with Crippen LogP contribution >= 0.6 is 0 Å². The van der Waals surface area contributed by atoms with Crippen LogP contribution < -0.4 is 10.0 Å². The minimum absolute atomic E-state index is 0.0496. The van der Waals surface area contributed by atoms with Crippen LogP contribution in [0.5, 0.6) is 0 Å². The number of nitrogens with one attached hydrogen (secondary N) is 2. The van der Waals surface area contributed by atoms with Gasteiger partial charge in [-0.25, -0.2) is 13.1 Å². The van der Waals surface area contributed by atoms with Crippen LogP contribution in [0.4, 0.5) is 5.69 Å². The average molecular weight is 446 g/mol. The number of carbonyl (C=O) groups excluding carboxylic acids is 2. The van der Waals surface area contributed by atoms with E-state index in [0.717, 1.165) is 5.56 Å². The van der Waals surface area contributed by atoms with Gasteiger partial charge in [0.2, 0.25) is 21.8 Å². The quantitative estimate of drug-likeness (QED) is 0.709. The number of nitrogens with zero attached hydrogens (tertiary/aromatic N) is 1.